The fourth-order valence-corrected chi connectivity index (χ4v) is 12.6. The molecule has 1 amide bonds. The first-order valence-electron chi connectivity index (χ1n) is 36.9. The van der Waals surface area contributed by atoms with Crippen LogP contribution in [0.5, 0.6) is 0 Å². The maximum absolute atomic E-state index is 13.1. The van der Waals surface area contributed by atoms with Crippen LogP contribution in [0.2, 0.25) is 0 Å². The molecule has 2 N–H and O–H groups in total. The Morgan fingerprint density at radius 1 is 0.383 bits per heavy atom. The molecule has 8 nitrogen and oxygen atoms in total. The van der Waals surface area contributed by atoms with Crippen molar-refractivity contribution < 1.29 is 32.9 Å². The van der Waals surface area contributed by atoms with Gasteiger partial charge in [-0.25, -0.2) is 0 Å². The molecule has 0 heterocycles. The summed E-state index contributed by atoms with van der Waals surface area (Å²) in [6.07, 6.45) is 80.7. The van der Waals surface area contributed by atoms with Crippen molar-refractivity contribution in [3.05, 3.63) is 0 Å². The molecule has 3 unspecified atom stereocenters. The molecule has 0 aromatic heterocycles. The van der Waals surface area contributed by atoms with E-state index >= 15 is 0 Å². The largest absolute Gasteiger partial charge is 0.756 e. The molecule has 0 aromatic rings. The van der Waals surface area contributed by atoms with E-state index in [1.807, 2.05) is 21.1 Å². The lowest BCUT2D eigenvalue weighted by Gasteiger charge is -2.30. The number of nitrogens with one attached hydrogen (secondary N) is 1. The highest BCUT2D eigenvalue weighted by atomic mass is 31.2. The van der Waals surface area contributed by atoms with Crippen molar-refractivity contribution in [3.63, 3.8) is 0 Å². The summed E-state index contributed by atoms with van der Waals surface area (Å²) in [6.45, 7) is 4.80. The van der Waals surface area contributed by atoms with Gasteiger partial charge in [-0.1, -0.05) is 386 Å². The Kier molecular flexibility index (Phi) is 63.6. The number of phosphoric acid groups is 1. The number of carbonyl (C=O) groups is 1. The fraction of sp³-hybridized carbons (Fsp3) is 0.986. The zero-order valence-electron chi connectivity index (χ0n) is 55.8. The molecule has 0 fully saturated rings. The summed E-state index contributed by atoms with van der Waals surface area (Å²) >= 11 is 0. The highest BCUT2D eigenvalue weighted by Crippen LogP contribution is 2.38. The molecule has 0 aliphatic heterocycles. The number of unbranched alkanes of at least 4 members (excludes halogenated alkanes) is 57. The maximum Gasteiger partial charge on any atom is 0.268 e. The lowest BCUT2D eigenvalue weighted by Crippen LogP contribution is -2.46. The second kappa shape index (κ2) is 64.0. The topological polar surface area (TPSA) is 108 Å². The van der Waals surface area contributed by atoms with Crippen molar-refractivity contribution in [1.82, 2.24) is 5.32 Å². The molecule has 0 aliphatic rings. The number of carbonyl (C=O) groups excluding carboxylic acids is 1. The third kappa shape index (κ3) is 66.9. The zero-order chi connectivity index (χ0) is 59.1. The van der Waals surface area contributed by atoms with Crippen LogP contribution in [-0.4, -0.2) is 68.5 Å². The van der Waals surface area contributed by atoms with Gasteiger partial charge in [-0.3, -0.25) is 9.36 Å². The number of aliphatic hydroxyl groups excluding tert-OH is 1. The molecule has 0 aromatic carbocycles. The first kappa shape index (κ1) is 80.5. The lowest BCUT2D eigenvalue weighted by molar-refractivity contribution is -0.870. The van der Waals surface area contributed by atoms with Crippen LogP contribution in [0.4, 0.5) is 0 Å². The van der Waals surface area contributed by atoms with Gasteiger partial charge >= 0.3 is 0 Å². The number of likely N-dealkylation sites (N-methyl/N-ethyl adjacent to an activating group) is 1. The van der Waals surface area contributed by atoms with Gasteiger partial charge in [0.15, 0.2) is 0 Å². The molecule has 0 spiro atoms. The smallest absolute Gasteiger partial charge is 0.268 e. The predicted molar refractivity (Wildman–Crippen MR) is 353 cm³/mol. The Labute approximate surface area is 508 Å². The van der Waals surface area contributed by atoms with Gasteiger partial charge < -0.3 is 28.8 Å². The van der Waals surface area contributed by atoms with Crippen LogP contribution in [0.1, 0.15) is 406 Å². The molecule has 3 atom stereocenters. The molecule has 0 saturated carbocycles. The average molecular weight is 1170 g/mol. The van der Waals surface area contributed by atoms with Gasteiger partial charge in [-0.2, -0.15) is 0 Å². The molecule has 0 saturated heterocycles. The van der Waals surface area contributed by atoms with E-state index in [0.717, 1.165) is 38.5 Å². The average Bonchev–Trinajstić information content (AvgIpc) is 3.43. The Balaban J connectivity index is 3.83. The number of amides is 1. The SMILES string of the molecule is CCCCCCCCCCCCCCCCCCCCCCCCCCCCCCCCCCCCCCCCCCC(=O)NC(COP(=O)([O-])OCC[N+](C)(C)C)C(O)CCCCCCCCCCCCCCCCCCCCC. The van der Waals surface area contributed by atoms with E-state index in [1.54, 1.807) is 0 Å². The van der Waals surface area contributed by atoms with Gasteiger partial charge in [0.2, 0.25) is 5.91 Å². The first-order valence-corrected chi connectivity index (χ1v) is 38.3. The zero-order valence-corrected chi connectivity index (χ0v) is 56.7. The third-order valence-electron chi connectivity index (χ3n) is 17.6. The van der Waals surface area contributed by atoms with E-state index in [2.05, 4.69) is 19.2 Å². The highest BCUT2D eigenvalue weighted by molar-refractivity contribution is 7.45. The quantitative estimate of drug-likeness (QED) is 0.0357. The van der Waals surface area contributed by atoms with Crippen LogP contribution in [0.3, 0.4) is 0 Å². The molecule has 0 bridgehead atoms. The molecule has 0 aliphatic carbocycles. The van der Waals surface area contributed by atoms with Crippen LogP contribution in [0.15, 0.2) is 0 Å². The van der Waals surface area contributed by atoms with Crippen molar-refractivity contribution >= 4 is 13.7 Å². The van der Waals surface area contributed by atoms with E-state index in [9.17, 15) is 19.4 Å². The second-order valence-electron chi connectivity index (χ2n) is 27.0. The number of hydrogen-bond donors (Lipinski definition) is 2. The number of hydrogen-bond acceptors (Lipinski definition) is 6. The second-order valence-corrected chi connectivity index (χ2v) is 28.4. The highest BCUT2D eigenvalue weighted by Gasteiger charge is 2.24. The minimum atomic E-state index is -4.57. The van der Waals surface area contributed by atoms with E-state index in [-0.39, 0.29) is 19.1 Å². The Morgan fingerprint density at radius 2 is 0.605 bits per heavy atom. The van der Waals surface area contributed by atoms with Crippen molar-refractivity contribution in [3.8, 4) is 0 Å². The van der Waals surface area contributed by atoms with Crippen LogP contribution < -0.4 is 10.2 Å². The number of rotatable bonds is 70. The summed E-state index contributed by atoms with van der Waals surface area (Å²) in [5.41, 5.74) is 0. The minimum Gasteiger partial charge on any atom is -0.756 e. The number of quaternary nitrogens is 1. The summed E-state index contributed by atoms with van der Waals surface area (Å²) in [6, 6.07) is -0.796. The van der Waals surface area contributed by atoms with Gasteiger partial charge in [0, 0.05) is 6.42 Å². The first-order chi connectivity index (χ1) is 39.5. The molecular formula is C72H147N2O6P. The van der Waals surface area contributed by atoms with Crippen molar-refractivity contribution in [2.75, 3.05) is 40.9 Å². The summed E-state index contributed by atoms with van der Waals surface area (Å²) in [5.74, 6) is -0.154. The third-order valence-corrected chi connectivity index (χ3v) is 18.6. The minimum absolute atomic E-state index is 0.0169. The van der Waals surface area contributed by atoms with Gasteiger partial charge in [-0.15, -0.1) is 0 Å². The lowest BCUT2D eigenvalue weighted by atomic mass is 10.0. The van der Waals surface area contributed by atoms with Crippen LogP contribution in [0.25, 0.3) is 0 Å². The van der Waals surface area contributed by atoms with E-state index in [4.69, 9.17) is 9.05 Å². The number of aliphatic hydroxyl groups is 1. The van der Waals surface area contributed by atoms with Crippen molar-refractivity contribution in [1.29, 1.82) is 0 Å². The van der Waals surface area contributed by atoms with E-state index in [0.29, 0.717) is 23.9 Å². The van der Waals surface area contributed by atoms with E-state index < -0.39 is 20.0 Å². The molecule has 486 valence electrons. The monoisotopic (exact) mass is 1170 g/mol. The Bertz CT molecular complexity index is 1280. The predicted octanol–water partition coefficient (Wildman–Crippen LogP) is 22.9. The Morgan fingerprint density at radius 3 is 0.840 bits per heavy atom. The summed E-state index contributed by atoms with van der Waals surface area (Å²) in [5, 5.41) is 14.1. The molecule has 81 heavy (non-hydrogen) atoms. The van der Waals surface area contributed by atoms with Crippen molar-refractivity contribution in [2.24, 2.45) is 0 Å². The van der Waals surface area contributed by atoms with Crippen LogP contribution >= 0.6 is 7.82 Å². The van der Waals surface area contributed by atoms with Crippen LogP contribution in [0, 0.1) is 0 Å². The number of phosphoric ester groups is 1. The summed E-state index contributed by atoms with van der Waals surface area (Å²) < 4.78 is 23.5. The summed E-state index contributed by atoms with van der Waals surface area (Å²) in [7, 11) is 1.33. The molecule has 9 heteroatoms. The standard InChI is InChI=1S/C72H147N2O6P/c1-6-8-10-12-14-16-18-20-22-24-26-27-28-29-30-31-32-33-34-35-36-37-38-39-40-41-42-43-44-45-46-48-50-52-54-56-58-60-62-64-66-72(76)73-70(69-80-81(77,78)79-68-67-74(3,4)5)71(75)65-63-61-59-57-55-53-51-49-47-25-23-21-19-17-15-13-11-9-7-2/h70-71,75H,6-69H2,1-5H3,(H-,73,76,77,78). The maximum atomic E-state index is 13.1. The summed E-state index contributed by atoms with van der Waals surface area (Å²) in [4.78, 5) is 25.6. The van der Waals surface area contributed by atoms with Gasteiger partial charge in [0.1, 0.15) is 13.2 Å². The van der Waals surface area contributed by atoms with Crippen molar-refractivity contribution in [2.45, 2.75) is 418 Å². The number of nitrogens with zero attached hydrogens (tertiary/aromatic N) is 1. The van der Waals surface area contributed by atoms with E-state index in [1.165, 1.54) is 340 Å². The Hall–Kier alpha value is -0.500. The fourth-order valence-electron chi connectivity index (χ4n) is 11.9. The van der Waals surface area contributed by atoms with Gasteiger partial charge in [-0.05, 0) is 12.8 Å². The normalized spacial score (nSPS) is 13.5. The molecule has 0 rings (SSSR count). The van der Waals surface area contributed by atoms with Gasteiger partial charge in [0.25, 0.3) is 7.82 Å². The molecular weight excluding hydrogens is 1020 g/mol. The van der Waals surface area contributed by atoms with Crippen LogP contribution in [-0.2, 0) is 18.4 Å². The molecule has 0 radical (unpaired) electrons. The van der Waals surface area contributed by atoms with Gasteiger partial charge in [0.05, 0.1) is 39.9 Å².